The van der Waals surface area contributed by atoms with E-state index in [9.17, 15) is 14.0 Å². The van der Waals surface area contributed by atoms with Crippen molar-refractivity contribution in [1.29, 1.82) is 0 Å². The van der Waals surface area contributed by atoms with Crippen molar-refractivity contribution in [3.8, 4) is 0 Å². The largest absolute Gasteiger partial charge is 0.351 e. The summed E-state index contributed by atoms with van der Waals surface area (Å²) >= 11 is 6.51. The van der Waals surface area contributed by atoms with Gasteiger partial charge in [0.25, 0.3) is 5.91 Å². The Morgan fingerprint density at radius 2 is 1.83 bits per heavy atom. The number of hydrogen-bond donors (Lipinski definition) is 1. The van der Waals surface area contributed by atoms with Crippen LogP contribution >= 0.6 is 24.0 Å². The minimum absolute atomic E-state index is 0.00378. The zero-order valence-electron chi connectivity index (χ0n) is 16.7. The highest BCUT2D eigenvalue weighted by Crippen LogP contribution is 2.55. The molecule has 5 aliphatic rings. The highest BCUT2D eigenvalue weighted by atomic mass is 32.2. The molecule has 1 aromatic carbocycles. The lowest BCUT2D eigenvalue weighted by Crippen LogP contribution is -2.60. The minimum Gasteiger partial charge on any atom is -0.351 e. The molecule has 30 heavy (non-hydrogen) atoms. The van der Waals surface area contributed by atoms with Crippen LogP contribution in [-0.4, -0.2) is 33.1 Å². The maximum absolute atomic E-state index is 13.9. The molecule has 1 aromatic rings. The molecule has 158 valence electrons. The minimum atomic E-state index is -0.377. The average molecular weight is 445 g/mol. The van der Waals surface area contributed by atoms with E-state index in [4.69, 9.17) is 12.2 Å². The lowest BCUT2D eigenvalue weighted by atomic mass is 9.53. The number of halogens is 1. The van der Waals surface area contributed by atoms with Crippen molar-refractivity contribution in [1.82, 2.24) is 10.2 Å². The van der Waals surface area contributed by atoms with E-state index in [-0.39, 0.29) is 36.1 Å². The smallest absolute Gasteiger partial charge is 0.266 e. The van der Waals surface area contributed by atoms with Crippen LogP contribution in [0.2, 0.25) is 0 Å². The van der Waals surface area contributed by atoms with Crippen molar-refractivity contribution in [2.45, 2.75) is 50.5 Å². The first kappa shape index (κ1) is 20.2. The van der Waals surface area contributed by atoms with Crippen LogP contribution in [0.1, 0.15) is 50.5 Å². The number of carbonyl (C=O) groups is 2. The fourth-order valence-electron chi connectivity index (χ4n) is 6.26. The maximum atomic E-state index is 13.9. The highest BCUT2D eigenvalue weighted by molar-refractivity contribution is 8.26. The molecular weight excluding hydrogens is 419 g/mol. The summed E-state index contributed by atoms with van der Waals surface area (Å²) in [4.78, 5) is 27.4. The van der Waals surface area contributed by atoms with E-state index < -0.39 is 0 Å². The molecule has 0 aromatic heterocycles. The normalized spacial score (nSPS) is 33.6. The molecule has 1 aliphatic heterocycles. The summed E-state index contributed by atoms with van der Waals surface area (Å²) in [6, 6.07) is 6.33. The highest BCUT2D eigenvalue weighted by Gasteiger charge is 2.51. The van der Waals surface area contributed by atoms with Gasteiger partial charge in [0.2, 0.25) is 5.91 Å². The Balaban J connectivity index is 1.20. The monoisotopic (exact) mass is 444 g/mol. The standard InChI is InChI=1S/C23H25FN2O2S2/c24-18-4-2-1-3-17(18)10-19-21(28)26(22(29)30-19)6-5-20(27)25-23-11-14-7-15(12-23)9-16(8-14)13-23/h1-4,10,14-16H,5-9,11-13H2,(H,25,27). The van der Waals surface area contributed by atoms with E-state index in [1.54, 1.807) is 18.2 Å². The van der Waals surface area contributed by atoms with E-state index in [1.165, 1.54) is 36.3 Å². The van der Waals surface area contributed by atoms with Crippen LogP contribution in [0.15, 0.2) is 29.2 Å². The summed E-state index contributed by atoms with van der Waals surface area (Å²) in [5.41, 5.74) is 0.337. The van der Waals surface area contributed by atoms with Gasteiger partial charge in [0.05, 0.1) is 4.91 Å². The topological polar surface area (TPSA) is 49.4 Å². The van der Waals surface area contributed by atoms with Gasteiger partial charge in [0.15, 0.2) is 0 Å². The molecule has 0 unspecified atom stereocenters. The molecular formula is C23H25FN2O2S2. The molecule has 1 N–H and O–H groups in total. The molecule has 4 saturated carbocycles. The fraction of sp³-hybridized carbons (Fsp3) is 0.522. The van der Waals surface area contributed by atoms with E-state index in [0.29, 0.717) is 14.8 Å². The predicted molar refractivity (Wildman–Crippen MR) is 120 cm³/mol. The molecule has 1 saturated heterocycles. The second kappa shape index (κ2) is 7.75. The molecule has 0 atom stereocenters. The molecule has 7 heteroatoms. The number of thiocarbonyl (C=S) groups is 1. The second-order valence-electron chi connectivity index (χ2n) is 9.35. The number of nitrogens with zero attached hydrogens (tertiary/aromatic N) is 1. The number of rotatable bonds is 5. The third-order valence-corrected chi connectivity index (χ3v) is 8.45. The van der Waals surface area contributed by atoms with Crippen LogP contribution in [0.3, 0.4) is 0 Å². The Morgan fingerprint density at radius 1 is 1.20 bits per heavy atom. The van der Waals surface area contributed by atoms with Crippen LogP contribution in [0.5, 0.6) is 0 Å². The Kier molecular flexibility index (Phi) is 5.22. The van der Waals surface area contributed by atoms with Crippen LogP contribution in [-0.2, 0) is 9.59 Å². The number of nitrogens with one attached hydrogen (secondary N) is 1. The van der Waals surface area contributed by atoms with Gasteiger partial charge in [0.1, 0.15) is 10.1 Å². The SMILES string of the molecule is O=C(CCN1C(=O)C(=Cc2ccccc2F)SC1=S)NC12CC3CC(CC(C3)C1)C2. The zero-order valence-corrected chi connectivity index (χ0v) is 18.4. The molecule has 0 radical (unpaired) electrons. The van der Waals surface area contributed by atoms with E-state index in [0.717, 1.165) is 48.8 Å². The lowest BCUT2D eigenvalue weighted by molar-refractivity contribution is -0.127. The second-order valence-corrected chi connectivity index (χ2v) is 11.0. The van der Waals surface area contributed by atoms with Crippen LogP contribution in [0.25, 0.3) is 6.08 Å². The van der Waals surface area contributed by atoms with E-state index in [1.807, 2.05) is 0 Å². The summed E-state index contributed by atoms with van der Waals surface area (Å²) in [5.74, 6) is 1.68. The number of carbonyl (C=O) groups excluding carboxylic acids is 2. The quantitative estimate of drug-likeness (QED) is 0.537. The number of thioether (sulfide) groups is 1. The van der Waals surface area contributed by atoms with Gasteiger partial charge in [-0.1, -0.05) is 42.2 Å². The van der Waals surface area contributed by atoms with Crippen LogP contribution in [0.4, 0.5) is 4.39 Å². The summed E-state index contributed by atoms with van der Waals surface area (Å²) in [6.45, 7) is 0.261. The van der Waals surface area contributed by atoms with Crippen molar-refractivity contribution < 1.29 is 14.0 Å². The zero-order chi connectivity index (χ0) is 20.9. The molecule has 1 heterocycles. The summed E-state index contributed by atoms with van der Waals surface area (Å²) in [6.07, 6.45) is 9.09. The van der Waals surface area contributed by atoms with Gasteiger partial charge in [-0.05, 0) is 68.4 Å². The molecule has 4 aliphatic carbocycles. The fourth-order valence-corrected chi connectivity index (χ4v) is 7.56. The first-order valence-electron chi connectivity index (χ1n) is 10.7. The average Bonchev–Trinajstić information content (AvgIpc) is 2.93. The van der Waals surface area contributed by atoms with Crippen molar-refractivity contribution in [3.05, 3.63) is 40.6 Å². The van der Waals surface area contributed by atoms with Crippen molar-refractivity contribution in [3.63, 3.8) is 0 Å². The first-order chi connectivity index (χ1) is 14.4. The van der Waals surface area contributed by atoms with Gasteiger partial charge >= 0.3 is 0 Å². The molecule has 4 bridgehead atoms. The van der Waals surface area contributed by atoms with E-state index >= 15 is 0 Å². The van der Waals surface area contributed by atoms with Gasteiger partial charge < -0.3 is 5.32 Å². The number of hydrogen-bond acceptors (Lipinski definition) is 4. The van der Waals surface area contributed by atoms with E-state index in [2.05, 4.69) is 5.32 Å². The number of benzene rings is 1. The lowest BCUT2D eigenvalue weighted by Gasteiger charge is -2.57. The third-order valence-electron chi connectivity index (χ3n) is 7.07. The van der Waals surface area contributed by atoms with Crippen molar-refractivity contribution in [2.75, 3.05) is 6.54 Å². The Labute approximate surface area is 185 Å². The van der Waals surface area contributed by atoms with Crippen molar-refractivity contribution in [2.24, 2.45) is 17.8 Å². The van der Waals surface area contributed by atoms with Gasteiger partial charge in [-0.25, -0.2) is 4.39 Å². The van der Waals surface area contributed by atoms with Gasteiger partial charge in [-0.15, -0.1) is 0 Å². The van der Waals surface area contributed by atoms with Crippen LogP contribution < -0.4 is 5.32 Å². The maximum Gasteiger partial charge on any atom is 0.266 e. The first-order valence-corrected chi connectivity index (χ1v) is 11.9. The molecule has 4 nitrogen and oxygen atoms in total. The summed E-state index contributed by atoms with van der Waals surface area (Å²) in [5, 5.41) is 3.35. The number of amides is 2. The van der Waals surface area contributed by atoms with Gasteiger partial charge in [0, 0.05) is 24.1 Å². The summed E-state index contributed by atoms with van der Waals surface area (Å²) < 4.78 is 14.3. The Hall–Kier alpha value is -1.73. The van der Waals surface area contributed by atoms with Crippen molar-refractivity contribution >= 4 is 46.2 Å². The third kappa shape index (κ3) is 3.82. The van der Waals surface area contributed by atoms with Gasteiger partial charge in [-0.2, -0.15) is 0 Å². The molecule has 6 rings (SSSR count). The Bertz CT molecular complexity index is 910. The summed E-state index contributed by atoms with van der Waals surface area (Å²) in [7, 11) is 0. The predicted octanol–water partition coefficient (Wildman–Crippen LogP) is 4.50. The molecule has 2 amide bonds. The molecule has 0 spiro atoms. The van der Waals surface area contributed by atoms with Crippen LogP contribution in [0, 0.1) is 23.6 Å². The van der Waals surface area contributed by atoms with Gasteiger partial charge in [-0.3, -0.25) is 14.5 Å². The Morgan fingerprint density at radius 3 is 2.47 bits per heavy atom. The molecule has 5 fully saturated rings.